The van der Waals surface area contributed by atoms with E-state index in [1.54, 1.807) is 17.5 Å². The van der Waals surface area contributed by atoms with Crippen molar-refractivity contribution in [3.05, 3.63) is 34.3 Å². The molecule has 0 N–H and O–H groups in total. The molecule has 6 heteroatoms. The second-order valence-electron chi connectivity index (χ2n) is 5.19. The molecular formula is C14H18N4OS. The van der Waals surface area contributed by atoms with Gasteiger partial charge in [0.25, 0.3) is 0 Å². The second-order valence-corrected chi connectivity index (χ2v) is 6.19. The number of thiophene rings is 1. The van der Waals surface area contributed by atoms with Crippen molar-refractivity contribution in [2.75, 3.05) is 13.1 Å². The molecule has 0 spiro atoms. The van der Waals surface area contributed by atoms with E-state index in [1.807, 2.05) is 15.8 Å². The molecule has 0 saturated carbocycles. The molecule has 1 fully saturated rings. The summed E-state index contributed by atoms with van der Waals surface area (Å²) in [5.41, 5.74) is 1.30. The lowest BCUT2D eigenvalue weighted by Gasteiger charge is -2.16. The first-order valence-electron chi connectivity index (χ1n) is 6.90. The van der Waals surface area contributed by atoms with Gasteiger partial charge in [-0.25, -0.2) is 4.68 Å². The molecule has 106 valence electrons. The molecule has 1 saturated heterocycles. The van der Waals surface area contributed by atoms with Crippen LogP contribution in [-0.2, 0) is 11.2 Å². The van der Waals surface area contributed by atoms with Crippen LogP contribution in [0.2, 0.25) is 0 Å². The molecule has 0 aromatic carbocycles. The zero-order valence-corrected chi connectivity index (χ0v) is 12.3. The Morgan fingerprint density at radius 3 is 3.15 bits per heavy atom. The van der Waals surface area contributed by atoms with Gasteiger partial charge in [-0.15, -0.1) is 16.4 Å². The minimum Gasteiger partial charge on any atom is -0.340 e. The van der Waals surface area contributed by atoms with Crippen LogP contribution in [0.4, 0.5) is 0 Å². The van der Waals surface area contributed by atoms with E-state index >= 15 is 0 Å². The minimum atomic E-state index is 0.250. The minimum absolute atomic E-state index is 0.250. The Kier molecular flexibility index (Phi) is 3.82. The maximum atomic E-state index is 12.3. The van der Waals surface area contributed by atoms with E-state index in [0.717, 1.165) is 25.9 Å². The van der Waals surface area contributed by atoms with E-state index < -0.39 is 0 Å². The maximum absolute atomic E-state index is 12.3. The lowest BCUT2D eigenvalue weighted by atomic mass is 10.2. The van der Waals surface area contributed by atoms with E-state index in [9.17, 15) is 4.79 Å². The molecule has 3 heterocycles. The summed E-state index contributed by atoms with van der Waals surface area (Å²) < 4.78 is 1.86. The summed E-state index contributed by atoms with van der Waals surface area (Å²) >= 11 is 1.74. The predicted molar refractivity (Wildman–Crippen MR) is 77.6 cm³/mol. The van der Waals surface area contributed by atoms with Crippen molar-refractivity contribution in [3.63, 3.8) is 0 Å². The fourth-order valence-electron chi connectivity index (χ4n) is 2.64. The van der Waals surface area contributed by atoms with Gasteiger partial charge in [0.05, 0.1) is 12.2 Å². The fraction of sp³-hybridized carbons (Fsp3) is 0.500. The summed E-state index contributed by atoms with van der Waals surface area (Å²) in [7, 11) is 0. The molecule has 2 aromatic rings. The summed E-state index contributed by atoms with van der Waals surface area (Å²) in [5, 5.41) is 9.94. The number of rotatable bonds is 4. The number of amides is 1. The van der Waals surface area contributed by atoms with Crippen LogP contribution in [0.3, 0.4) is 0 Å². The number of nitrogens with zero attached hydrogens (tertiary/aromatic N) is 4. The zero-order valence-electron chi connectivity index (χ0n) is 11.5. The van der Waals surface area contributed by atoms with Crippen molar-refractivity contribution in [2.24, 2.45) is 0 Å². The highest BCUT2D eigenvalue weighted by atomic mass is 32.1. The third-order valence-corrected chi connectivity index (χ3v) is 4.95. The average molecular weight is 290 g/mol. The largest absolute Gasteiger partial charge is 0.340 e. The van der Waals surface area contributed by atoms with Crippen molar-refractivity contribution in [3.8, 4) is 0 Å². The molecule has 3 rings (SSSR count). The molecule has 1 atom stereocenters. The monoisotopic (exact) mass is 290 g/mol. The number of hydrogen-bond donors (Lipinski definition) is 0. The Labute approximate surface area is 122 Å². The van der Waals surface area contributed by atoms with Gasteiger partial charge in [0.1, 0.15) is 0 Å². The summed E-state index contributed by atoms with van der Waals surface area (Å²) in [4.78, 5) is 15.5. The summed E-state index contributed by atoms with van der Waals surface area (Å²) in [6.45, 7) is 3.69. The highest BCUT2D eigenvalue weighted by Crippen LogP contribution is 2.22. The van der Waals surface area contributed by atoms with Gasteiger partial charge >= 0.3 is 0 Å². The van der Waals surface area contributed by atoms with E-state index in [1.165, 1.54) is 10.4 Å². The Bertz CT molecular complexity index is 578. The molecule has 1 aliphatic heterocycles. The maximum Gasteiger partial charge on any atom is 0.223 e. The lowest BCUT2D eigenvalue weighted by Crippen LogP contribution is -2.29. The molecule has 0 bridgehead atoms. The summed E-state index contributed by atoms with van der Waals surface area (Å²) in [6, 6.07) is 2.39. The number of carbonyl (C=O) groups excluding carboxylic acids is 1. The van der Waals surface area contributed by atoms with E-state index in [0.29, 0.717) is 6.42 Å². The second kappa shape index (κ2) is 5.75. The number of likely N-dealkylation sites (tertiary alicyclic amines) is 1. The normalized spacial score (nSPS) is 18.6. The van der Waals surface area contributed by atoms with Crippen LogP contribution >= 0.6 is 11.3 Å². The van der Waals surface area contributed by atoms with E-state index in [4.69, 9.17) is 0 Å². The van der Waals surface area contributed by atoms with Crippen molar-refractivity contribution >= 4 is 17.2 Å². The van der Waals surface area contributed by atoms with Crippen LogP contribution in [0.15, 0.2) is 23.8 Å². The zero-order chi connectivity index (χ0) is 13.9. The van der Waals surface area contributed by atoms with Crippen molar-refractivity contribution in [2.45, 2.75) is 32.2 Å². The van der Waals surface area contributed by atoms with Crippen LogP contribution in [0.5, 0.6) is 0 Å². The smallest absolute Gasteiger partial charge is 0.223 e. The highest BCUT2D eigenvalue weighted by molar-refractivity contribution is 7.10. The number of hydrogen-bond acceptors (Lipinski definition) is 4. The summed E-state index contributed by atoms with van der Waals surface area (Å²) in [6.07, 6.45) is 5.98. The van der Waals surface area contributed by atoms with Gasteiger partial charge in [0, 0.05) is 30.6 Å². The van der Waals surface area contributed by atoms with Crippen LogP contribution in [0.25, 0.3) is 0 Å². The Morgan fingerprint density at radius 2 is 2.45 bits per heavy atom. The molecular weight excluding hydrogens is 272 g/mol. The van der Waals surface area contributed by atoms with Crippen LogP contribution in [0, 0.1) is 6.92 Å². The topological polar surface area (TPSA) is 51.0 Å². The molecule has 2 aromatic heterocycles. The standard InChI is InChI=1S/C14H18N4OS/c1-11-5-9-20-13(11)2-3-14(19)17-7-4-12(10-17)18-8-6-15-16-18/h5-6,8-9,12H,2-4,7,10H2,1H3. The molecule has 0 radical (unpaired) electrons. The van der Waals surface area contributed by atoms with E-state index in [-0.39, 0.29) is 11.9 Å². The van der Waals surface area contributed by atoms with E-state index in [2.05, 4.69) is 28.7 Å². The fourth-order valence-corrected chi connectivity index (χ4v) is 3.55. The van der Waals surface area contributed by atoms with Gasteiger partial charge in [-0.3, -0.25) is 4.79 Å². The average Bonchev–Trinajstić information content (AvgIpc) is 3.17. The Hall–Kier alpha value is -1.69. The van der Waals surface area contributed by atoms with Gasteiger partial charge < -0.3 is 4.90 Å². The van der Waals surface area contributed by atoms with Crippen molar-refractivity contribution in [1.29, 1.82) is 0 Å². The highest BCUT2D eigenvalue weighted by Gasteiger charge is 2.27. The third kappa shape index (κ3) is 2.75. The van der Waals surface area contributed by atoms with Gasteiger partial charge in [0.2, 0.25) is 5.91 Å². The van der Waals surface area contributed by atoms with Crippen molar-refractivity contribution in [1.82, 2.24) is 19.9 Å². The van der Waals surface area contributed by atoms with Crippen LogP contribution in [-0.4, -0.2) is 38.9 Å². The third-order valence-electron chi connectivity index (χ3n) is 3.87. The first kappa shape index (κ1) is 13.3. The Morgan fingerprint density at radius 1 is 1.55 bits per heavy atom. The van der Waals surface area contributed by atoms with Crippen LogP contribution < -0.4 is 0 Å². The molecule has 1 aliphatic rings. The Balaban J connectivity index is 1.53. The van der Waals surface area contributed by atoms with Crippen molar-refractivity contribution < 1.29 is 4.79 Å². The van der Waals surface area contributed by atoms with Crippen LogP contribution in [0.1, 0.15) is 29.3 Å². The lowest BCUT2D eigenvalue weighted by molar-refractivity contribution is -0.130. The molecule has 20 heavy (non-hydrogen) atoms. The van der Waals surface area contributed by atoms with Gasteiger partial charge in [-0.05, 0) is 36.8 Å². The quantitative estimate of drug-likeness (QED) is 0.866. The molecule has 1 amide bonds. The predicted octanol–water partition coefficient (Wildman–Crippen LogP) is 2.05. The SMILES string of the molecule is Cc1ccsc1CCC(=O)N1CCC(n2ccnn2)C1. The van der Waals surface area contributed by atoms with Gasteiger partial charge in [-0.2, -0.15) is 0 Å². The first-order valence-corrected chi connectivity index (χ1v) is 7.78. The number of aryl methyl sites for hydroxylation is 2. The van der Waals surface area contributed by atoms with Gasteiger partial charge in [-0.1, -0.05) is 5.21 Å². The first-order chi connectivity index (χ1) is 9.74. The summed E-state index contributed by atoms with van der Waals surface area (Å²) in [5.74, 6) is 0.250. The molecule has 1 unspecified atom stereocenters. The number of carbonyl (C=O) groups is 1. The number of aromatic nitrogens is 3. The van der Waals surface area contributed by atoms with Gasteiger partial charge in [0.15, 0.2) is 0 Å². The molecule has 5 nitrogen and oxygen atoms in total. The molecule has 0 aliphatic carbocycles.